The number of aryl methyl sites for hydroxylation is 1. The van der Waals surface area contributed by atoms with Gasteiger partial charge in [-0.05, 0) is 29.7 Å². The number of methoxy groups -OCH3 is 1. The molecule has 0 spiro atoms. The Morgan fingerprint density at radius 3 is 2.20 bits per heavy atom. The molecule has 158 valence electrons. The molecule has 5 nitrogen and oxygen atoms in total. The summed E-state index contributed by atoms with van der Waals surface area (Å²) in [5.41, 5.74) is -0.773. The highest BCUT2D eigenvalue weighted by molar-refractivity contribution is 7.92. The Hall–Kier alpha value is -3.07. The number of nitrogens with zero attached hydrogens (tertiary/aromatic N) is 1. The number of sulfonamides is 1. The monoisotopic (exact) mass is 436 g/mol. The second kappa shape index (κ2) is 8.35. The molecule has 3 aromatic rings. The zero-order valence-electron chi connectivity index (χ0n) is 16.2. The molecular weight excluding hydrogens is 417 g/mol. The summed E-state index contributed by atoms with van der Waals surface area (Å²) in [7, 11) is -2.98. The molecule has 2 aromatic carbocycles. The minimum Gasteiger partial charge on any atom is -0.481 e. The third kappa shape index (κ3) is 4.56. The van der Waals surface area contributed by atoms with Gasteiger partial charge in [0.25, 0.3) is 10.0 Å². The van der Waals surface area contributed by atoms with Crippen LogP contribution in [-0.4, -0.2) is 20.5 Å². The van der Waals surface area contributed by atoms with Gasteiger partial charge >= 0.3 is 6.18 Å². The first-order valence-corrected chi connectivity index (χ1v) is 10.5. The molecule has 0 fully saturated rings. The van der Waals surface area contributed by atoms with Gasteiger partial charge in [-0.1, -0.05) is 49.4 Å². The third-order valence-electron chi connectivity index (χ3n) is 4.42. The first-order chi connectivity index (χ1) is 14.2. The van der Waals surface area contributed by atoms with Crippen LogP contribution in [0.4, 0.5) is 18.9 Å². The number of aromatic nitrogens is 1. The van der Waals surface area contributed by atoms with Gasteiger partial charge in [-0.3, -0.25) is 4.72 Å². The molecule has 0 bridgehead atoms. The van der Waals surface area contributed by atoms with Gasteiger partial charge in [0.1, 0.15) is 0 Å². The van der Waals surface area contributed by atoms with Crippen LogP contribution in [0.5, 0.6) is 5.88 Å². The van der Waals surface area contributed by atoms with E-state index in [2.05, 4.69) is 9.71 Å². The van der Waals surface area contributed by atoms with Gasteiger partial charge in [0, 0.05) is 11.6 Å². The standard InChI is InChI=1S/C21H19F3N2O3S/c1-3-14-9-11-15(12-10-14)19-17(13-18(29-2)25-20(19)21(22,23)24)26-30(27,28)16-7-5-4-6-8-16/h4-13H,3H2,1-2H3,(H,25,26). The summed E-state index contributed by atoms with van der Waals surface area (Å²) >= 11 is 0. The fraction of sp³-hybridized carbons (Fsp3) is 0.190. The second-order valence-electron chi connectivity index (χ2n) is 6.40. The minimum atomic E-state index is -4.83. The average molecular weight is 436 g/mol. The van der Waals surface area contributed by atoms with Crippen molar-refractivity contribution in [3.05, 3.63) is 71.9 Å². The summed E-state index contributed by atoms with van der Waals surface area (Å²) in [5, 5.41) is 0. The van der Waals surface area contributed by atoms with Crippen molar-refractivity contribution in [1.82, 2.24) is 4.98 Å². The molecule has 0 aliphatic rings. The number of hydrogen-bond donors (Lipinski definition) is 1. The molecule has 3 rings (SSSR count). The highest BCUT2D eigenvalue weighted by Crippen LogP contribution is 2.42. The van der Waals surface area contributed by atoms with Gasteiger partial charge in [-0.15, -0.1) is 0 Å². The Balaban J connectivity index is 2.24. The van der Waals surface area contributed by atoms with Gasteiger partial charge in [-0.25, -0.2) is 13.4 Å². The van der Waals surface area contributed by atoms with Crippen molar-refractivity contribution in [3.63, 3.8) is 0 Å². The summed E-state index contributed by atoms with van der Waals surface area (Å²) in [6.45, 7) is 1.92. The van der Waals surface area contributed by atoms with Crippen LogP contribution >= 0.6 is 0 Å². The van der Waals surface area contributed by atoms with E-state index in [9.17, 15) is 21.6 Å². The van der Waals surface area contributed by atoms with Gasteiger partial charge in [0.15, 0.2) is 5.69 Å². The summed E-state index contributed by atoms with van der Waals surface area (Å²) in [6, 6.07) is 14.9. The summed E-state index contributed by atoms with van der Waals surface area (Å²) < 4.78 is 74.3. The van der Waals surface area contributed by atoms with Crippen molar-refractivity contribution in [2.24, 2.45) is 0 Å². The van der Waals surface area contributed by atoms with Crippen LogP contribution in [0.2, 0.25) is 0 Å². The number of rotatable bonds is 6. The van der Waals surface area contributed by atoms with Gasteiger partial charge in [0.05, 0.1) is 17.7 Å². The van der Waals surface area contributed by atoms with Crippen molar-refractivity contribution in [1.29, 1.82) is 0 Å². The SMILES string of the molecule is CCc1ccc(-c2c(NS(=O)(=O)c3ccccc3)cc(OC)nc2C(F)(F)F)cc1. The highest BCUT2D eigenvalue weighted by Gasteiger charge is 2.38. The van der Waals surface area contributed by atoms with Crippen molar-refractivity contribution < 1.29 is 26.3 Å². The predicted molar refractivity (Wildman–Crippen MR) is 108 cm³/mol. The van der Waals surface area contributed by atoms with Crippen molar-refractivity contribution >= 4 is 15.7 Å². The Kier molecular flexibility index (Phi) is 6.02. The normalized spacial score (nSPS) is 11.9. The molecule has 0 aliphatic carbocycles. The number of alkyl halides is 3. The molecule has 1 N–H and O–H groups in total. The molecule has 0 amide bonds. The van der Waals surface area contributed by atoms with E-state index >= 15 is 0 Å². The highest BCUT2D eigenvalue weighted by atomic mass is 32.2. The molecule has 30 heavy (non-hydrogen) atoms. The lowest BCUT2D eigenvalue weighted by atomic mass is 9.99. The molecule has 0 aliphatic heterocycles. The number of pyridine rings is 1. The van der Waals surface area contributed by atoms with Crippen LogP contribution in [-0.2, 0) is 22.6 Å². The van der Waals surface area contributed by atoms with Crippen LogP contribution in [0.3, 0.4) is 0 Å². The first kappa shape index (κ1) is 21.6. The van der Waals surface area contributed by atoms with Crippen molar-refractivity contribution in [3.8, 4) is 17.0 Å². The number of halogens is 3. The van der Waals surface area contributed by atoms with Crippen molar-refractivity contribution in [2.75, 3.05) is 11.8 Å². The Morgan fingerprint density at radius 2 is 1.67 bits per heavy atom. The third-order valence-corrected chi connectivity index (χ3v) is 5.80. The van der Waals surface area contributed by atoms with Gasteiger partial charge in [0.2, 0.25) is 5.88 Å². The number of benzene rings is 2. The Bertz CT molecular complexity index is 1130. The molecule has 9 heteroatoms. The lowest BCUT2D eigenvalue weighted by molar-refractivity contribution is -0.140. The molecule has 1 aromatic heterocycles. The van der Waals surface area contributed by atoms with E-state index in [1.54, 1.807) is 18.2 Å². The van der Waals surface area contributed by atoms with E-state index in [4.69, 9.17) is 4.74 Å². The van der Waals surface area contributed by atoms with E-state index in [-0.39, 0.29) is 27.6 Å². The summed E-state index contributed by atoms with van der Waals surface area (Å²) in [6.07, 6.45) is -4.12. The predicted octanol–water partition coefficient (Wildman–Crippen LogP) is 5.14. The summed E-state index contributed by atoms with van der Waals surface area (Å²) in [5.74, 6) is -0.359. The molecule has 0 saturated heterocycles. The first-order valence-electron chi connectivity index (χ1n) is 8.99. The quantitative estimate of drug-likeness (QED) is 0.581. The molecular formula is C21H19F3N2O3S. The van der Waals surface area contributed by atoms with Crippen LogP contribution in [0.15, 0.2) is 65.6 Å². The molecule has 0 atom stereocenters. The zero-order chi connectivity index (χ0) is 21.9. The van der Waals surface area contributed by atoms with Crippen LogP contribution in [0.1, 0.15) is 18.2 Å². The second-order valence-corrected chi connectivity index (χ2v) is 8.08. The molecule has 0 radical (unpaired) electrons. The van der Waals surface area contributed by atoms with Crippen LogP contribution < -0.4 is 9.46 Å². The minimum absolute atomic E-state index is 0.0818. The molecule has 0 saturated carbocycles. The Labute approximate surface area is 172 Å². The van der Waals surface area contributed by atoms with Gasteiger partial charge < -0.3 is 4.74 Å². The summed E-state index contributed by atoms with van der Waals surface area (Å²) in [4.78, 5) is 3.48. The van der Waals surface area contributed by atoms with E-state index in [1.807, 2.05) is 6.92 Å². The average Bonchev–Trinajstić information content (AvgIpc) is 2.73. The maximum atomic E-state index is 13.8. The lowest BCUT2D eigenvalue weighted by Gasteiger charge is -2.19. The van der Waals surface area contributed by atoms with Crippen molar-refractivity contribution in [2.45, 2.75) is 24.4 Å². The largest absolute Gasteiger partial charge is 0.481 e. The molecule has 0 unspecified atom stereocenters. The van der Waals surface area contributed by atoms with E-state index in [0.717, 1.165) is 18.7 Å². The van der Waals surface area contributed by atoms with Gasteiger partial charge in [-0.2, -0.15) is 13.2 Å². The zero-order valence-corrected chi connectivity index (χ0v) is 17.0. The fourth-order valence-electron chi connectivity index (χ4n) is 2.91. The maximum Gasteiger partial charge on any atom is 0.434 e. The van der Waals surface area contributed by atoms with Crippen LogP contribution in [0.25, 0.3) is 11.1 Å². The number of anilines is 1. The Morgan fingerprint density at radius 1 is 1.03 bits per heavy atom. The number of hydrogen-bond acceptors (Lipinski definition) is 4. The van der Waals surface area contributed by atoms with E-state index in [0.29, 0.717) is 6.42 Å². The van der Waals surface area contributed by atoms with Crippen LogP contribution in [0, 0.1) is 0 Å². The van der Waals surface area contributed by atoms with E-state index in [1.165, 1.54) is 36.4 Å². The maximum absolute atomic E-state index is 13.8. The smallest absolute Gasteiger partial charge is 0.434 e. The lowest BCUT2D eigenvalue weighted by Crippen LogP contribution is -2.17. The molecule has 1 heterocycles. The fourth-order valence-corrected chi connectivity index (χ4v) is 4.00. The number of ether oxygens (including phenoxy) is 1. The van der Waals surface area contributed by atoms with E-state index < -0.39 is 21.9 Å². The number of nitrogens with one attached hydrogen (secondary N) is 1. The topological polar surface area (TPSA) is 68.3 Å².